The van der Waals surface area contributed by atoms with Gasteiger partial charge in [-0.1, -0.05) is 71.9 Å². The summed E-state index contributed by atoms with van der Waals surface area (Å²) in [5, 5.41) is 4.58. The van der Waals surface area contributed by atoms with Crippen LogP contribution in [0.3, 0.4) is 0 Å². The van der Waals surface area contributed by atoms with E-state index in [-0.39, 0.29) is 30.8 Å². The second kappa shape index (κ2) is 10.5. The third kappa shape index (κ3) is 5.90. The van der Waals surface area contributed by atoms with Gasteiger partial charge in [-0.05, 0) is 49.1 Å². The van der Waals surface area contributed by atoms with Crippen LogP contribution in [0, 0.1) is 0 Å². The summed E-state index contributed by atoms with van der Waals surface area (Å²) in [5.74, 6) is -0.349. The number of carbonyl (C=O) groups excluding carboxylic acids is 2. The first-order valence-corrected chi connectivity index (χ1v) is 11.3. The lowest BCUT2D eigenvalue weighted by atomic mass is 10.1. The van der Waals surface area contributed by atoms with Crippen molar-refractivity contribution in [3.05, 3.63) is 68.7 Å². The summed E-state index contributed by atoms with van der Waals surface area (Å²) in [5.41, 5.74) is 1.45. The second-order valence-corrected chi connectivity index (χ2v) is 8.94. The molecule has 1 aliphatic carbocycles. The van der Waals surface area contributed by atoms with E-state index in [1.165, 1.54) is 0 Å². The smallest absolute Gasteiger partial charge is 0.242 e. The topological polar surface area (TPSA) is 49.4 Å². The van der Waals surface area contributed by atoms with Crippen LogP contribution in [0.25, 0.3) is 0 Å². The highest BCUT2D eigenvalue weighted by molar-refractivity contribution is 6.35. The third-order valence-corrected chi connectivity index (χ3v) is 6.48. The zero-order chi connectivity index (χ0) is 21.7. The summed E-state index contributed by atoms with van der Waals surface area (Å²) in [7, 11) is 0. The van der Waals surface area contributed by atoms with Crippen LogP contribution in [0.1, 0.15) is 43.7 Å². The van der Waals surface area contributed by atoms with Crippen LogP contribution in [-0.2, 0) is 22.6 Å². The molecule has 0 spiro atoms. The van der Waals surface area contributed by atoms with E-state index in [9.17, 15) is 9.59 Å². The summed E-state index contributed by atoms with van der Waals surface area (Å²) in [6, 6.07) is 11.9. The zero-order valence-corrected chi connectivity index (χ0v) is 19.1. The van der Waals surface area contributed by atoms with E-state index in [1.54, 1.807) is 36.1 Å². The molecule has 2 aromatic carbocycles. The van der Waals surface area contributed by atoms with Gasteiger partial charge < -0.3 is 10.2 Å². The predicted molar refractivity (Wildman–Crippen MR) is 122 cm³/mol. The van der Waals surface area contributed by atoms with E-state index in [0.717, 1.165) is 31.2 Å². The summed E-state index contributed by atoms with van der Waals surface area (Å²) in [4.78, 5) is 27.7. The van der Waals surface area contributed by atoms with Crippen molar-refractivity contribution in [2.75, 3.05) is 0 Å². The molecule has 30 heavy (non-hydrogen) atoms. The molecule has 0 heterocycles. The van der Waals surface area contributed by atoms with Crippen molar-refractivity contribution in [1.82, 2.24) is 10.2 Å². The first-order valence-electron chi connectivity index (χ1n) is 10.1. The van der Waals surface area contributed by atoms with Crippen molar-refractivity contribution in [1.29, 1.82) is 0 Å². The zero-order valence-electron chi connectivity index (χ0n) is 16.8. The van der Waals surface area contributed by atoms with E-state index in [4.69, 9.17) is 34.8 Å². The first-order chi connectivity index (χ1) is 14.3. The third-order valence-electron chi connectivity index (χ3n) is 5.52. The molecule has 1 unspecified atom stereocenters. The molecule has 1 saturated carbocycles. The Hall–Kier alpha value is -1.75. The Balaban J connectivity index is 1.81. The number of carbonyl (C=O) groups is 2. The lowest BCUT2D eigenvalue weighted by Gasteiger charge is -2.30. The summed E-state index contributed by atoms with van der Waals surface area (Å²) < 4.78 is 0. The van der Waals surface area contributed by atoms with Crippen LogP contribution in [0.4, 0.5) is 0 Å². The Labute approximate surface area is 192 Å². The van der Waals surface area contributed by atoms with Gasteiger partial charge in [-0.2, -0.15) is 0 Å². The maximum absolute atomic E-state index is 13.3. The number of benzene rings is 2. The van der Waals surface area contributed by atoms with Gasteiger partial charge >= 0.3 is 0 Å². The number of rotatable bonds is 7. The summed E-state index contributed by atoms with van der Waals surface area (Å²) in [6.07, 6.45) is 4.28. The Morgan fingerprint density at radius 2 is 1.73 bits per heavy atom. The first kappa shape index (κ1) is 22.9. The van der Waals surface area contributed by atoms with Crippen LogP contribution >= 0.6 is 34.8 Å². The normalized spacial score (nSPS) is 15.1. The van der Waals surface area contributed by atoms with E-state index in [2.05, 4.69) is 5.32 Å². The van der Waals surface area contributed by atoms with Crippen molar-refractivity contribution in [2.24, 2.45) is 0 Å². The van der Waals surface area contributed by atoms with Crippen molar-refractivity contribution in [2.45, 2.75) is 57.7 Å². The highest BCUT2D eigenvalue weighted by atomic mass is 35.5. The van der Waals surface area contributed by atoms with Gasteiger partial charge in [-0.15, -0.1) is 0 Å². The quantitative estimate of drug-likeness (QED) is 0.571. The molecule has 0 radical (unpaired) electrons. The second-order valence-electron chi connectivity index (χ2n) is 7.69. The fourth-order valence-electron chi connectivity index (χ4n) is 3.71. The average Bonchev–Trinajstić information content (AvgIpc) is 3.22. The summed E-state index contributed by atoms with van der Waals surface area (Å²) >= 11 is 18.6. The highest BCUT2D eigenvalue weighted by Gasteiger charge is 2.29. The standard InChI is InChI=1S/C23H25Cl3N2O2/c1-15(23(30)27-19-7-3-4-8-19)28(14-17-6-2-5-9-20(17)25)22(29)12-16-10-11-18(24)13-21(16)26/h2,5-6,9-11,13,15,19H,3-4,7-8,12,14H2,1H3,(H,27,30). The number of halogens is 3. The van der Waals surface area contributed by atoms with Gasteiger partial charge in [0, 0.05) is 27.7 Å². The van der Waals surface area contributed by atoms with Crippen molar-refractivity contribution in [3.8, 4) is 0 Å². The Morgan fingerprint density at radius 3 is 2.40 bits per heavy atom. The fourth-order valence-corrected chi connectivity index (χ4v) is 4.39. The number of nitrogens with one attached hydrogen (secondary N) is 1. The van der Waals surface area contributed by atoms with Crippen LogP contribution in [0.15, 0.2) is 42.5 Å². The molecule has 2 aromatic rings. The van der Waals surface area contributed by atoms with Crippen LogP contribution in [0.2, 0.25) is 15.1 Å². The predicted octanol–water partition coefficient (Wildman–Crippen LogP) is 5.67. The molecule has 1 N–H and O–H groups in total. The molecule has 160 valence electrons. The lowest BCUT2D eigenvalue weighted by Crippen LogP contribution is -2.50. The average molecular weight is 468 g/mol. The van der Waals surface area contributed by atoms with E-state index in [0.29, 0.717) is 20.6 Å². The SMILES string of the molecule is CC(C(=O)NC1CCCC1)N(Cc1ccccc1Cl)C(=O)Cc1ccc(Cl)cc1Cl. The maximum Gasteiger partial charge on any atom is 0.242 e. The molecular weight excluding hydrogens is 443 g/mol. The van der Waals surface area contributed by atoms with Crippen molar-refractivity contribution < 1.29 is 9.59 Å². The van der Waals surface area contributed by atoms with E-state index in [1.807, 2.05) is 18.2 Å². The molecular formula is C23H25Cl3N2O2. The molecule has 0 bridgehead atoms. The largest absolute Gasteiger partial charge is 0.352 e. The number of hydrogen-bond donors (Lipinski definition) is 1. The molecule has 1 atom stereocenters. The molecule has 2 amide bonds. The van der Waals surface area contributed by atoms with Gasteiger partial charge in [0.25, 0.3) is 0 Å². The maximum atomic E-state index is 13.3. The van der Waals surface area contributed by atoms with Gasteiger partial charge in [0.2, 0.25) is 11.8 Å². The Kier molecular flexibility index (Phi) is 8.04. The molecule has 0 saturated heterocycles. The minimum Gasteiger partial charge on any atom is -0.352 e. The van der Waals surface area contributed by atoms with Gasteiger partial charge in [-0.25, -0.2) is 0 Å². The van der Waals surface area contributed by atoms with Crippen molar-refractivity contribution >= 4 is 46.6 Å². The monoisotopic (exact) mass is 466 g/mol. The lowest BCUT2D eigenvalue weighted by molar-refractivity contribution is -0.140. The minimum atomic E-state index is -0.638. The number of amides is 2. The molecule has 1 aliphatic rings. The van der Waals surface area contributed by atoms with Crippen molar-refractivity contribution in [3.63, 3.8) is 0 Å². The molecule has 4 nitrogen and oxygen atoms in total. The van der Waals surface area contributed by atoms with Crippen LogP contribution < -0.4 is 5.32 Å². The molecule has 3 rings (SSSR count). The molecule has 1 fully saturated rings. The summed E-state index contributed by atoms with van der Waals surface area (Å²) in [6.45, 7) is 1.99. The minimum absolute atomic E-state index is 0.0709. The van der Waals surface area contributed by atoms with Gasteiger partial charge in [0.05, 0.1) is 6.42 Å². The Bertz CT molecular complexity index is 913. The van der Waals surface area contributed by atoms with Crippen LogP contribution in [0.5, 0.6) is 0 Å². The Morgan fingerprint density at radius 1 is 1.03 bits per heavy atom. The van der Waals surface area contributed by atoms with Crippen LogP contribution in [-0.4, -0.2) is 28.8 Å². The van der Waals surface area contributed by atoms with Gasteiger partial charge in [0.15, 0.2) is 0 Å². The number of nitrogens with zero attached hydrogens (tertiary/aromatic N) is 1. The number of hydrogen-bond acceptors (Lipinski definition) is 2. The molecule has 0 aromatic heterocycles. The molecule has 7 heteroatoms. The van der Waals surface area contributed by atoms with E-state index >= 15 is 0 Å². The highest BCUT2D eigenvalue weighted by Crippen LogP contribution is 2.24. The fraction of sp³-hybridized carbons (Fsp3) is 0.391. The van der Waals surface area contributed by atoms with E-state index < -0.39 is 6.04 Å². The molecule has 0 aliphatic heterocycles. The van der Waals surface area contributed by atoms with Gasteiger partial charge in [-0.3, -0.25) is 9.59 Å². The van der Waals surface area contributed by atoms with Gasteiger partial charge in [0.1, 0.15) is 6.04 Å².